The Hall–Kier alpha value is -1.56. The Morgan fingerprint density at radius 1 is 0.600 bits per heavy atom. The maximum Gasteiger partial charge on any atom is 0.306 e. The van der Waals surface area contributed by atoms with Crippen molar-refractivity contribution in [2.75, 3.05) is 19.8 Å². The Bertz CT molecular complexity index is 835. The van der Waals surface area contributed by atoms with Crippen molar-refractivity contribution >= 4 is 11.9 Å². The molecule has 0 saturated carbocycles. The van der Waals surface area contributed by atoms with E-state index in [1.807, 2.05) is 0 Å². The van der Waals surface area contributed by atoms with Crippen molar-refractivity contribution in [1.29, 1.82) is 0 Å². The van der Waals surface area contributed by atoms with E-state index in [-0.39, 0.29) is 32.0 Å². The van der Waals surface area contributed by atoms with E-state index in [9.17, 15) is 30.0 Å². The third kappa shape index (κ3) is 23.8. The predicted octanol–water partition coefficient (Wildman–Crippen LogP) is 7.61. The number of carbonyl (C=O) groups is 2. The highest BCUT2D eigenvalue weighted by molar-refractivity contribution is 5.70. The van der Waals surface area contributed by atoms with Crippen LogP contribution in [0.4, 0.5) is 0 Å². The van der Waals surface area contributed by atoms with E-state index in [2.05, 4.69) is 26.0 Å². The van der Waals surface area contributed by atoms with Gasteiger partial charge in [-0.2, -0.15) is 0 Å². The highest BCUT2D eigenvalue weighted by Gasteiger charge is 2.44. The van der Waals surface area contributed by atoms with Crippen molar-refractivity contribution in [2.24, 2.45) is 0 Å². The normalized spacial score (nSPS) is 21.4. The summed E-state index contributed by atoms with van der Waals surface area (Å²) in [5.41, 5.74) is 0. The van der Waals surface area contributed by atoms with Gasteiger partial charge in [-0.05, 0) is 38.5 Å². The van der Waals surface area contributed by atoms with Crippen LogP contribution >= 0.6 is 0 Å². The van der Waals surface area contributed by atoms with E-state index in [1.54, 1.807) is 0 Å². The first-order chi connectivity index (χ1) is 24.3. The van der Waals surface area contributed by atoms with Gasteiger partial charge in [0, 0.05) is 12.8 Å². The zero-order valence-electron chi connectivity index (χ0n) is 31.7. The Balaban J connectivity index is 2.34. The van der Waals surface area contributed by atoms with Gasteiger partial charge in [-0.1, -0.05) is 135 Å². The molecular weight excluding hydrogens is 640 g/mol. The van der Waals surface area contributed by atoms with Gasteiger partial charge in [0.05, 0.1) is 13.2 Å². The number of allylic oxidation sites excluding steroid dienone is 2. The fourth-order valence-corrected chi connectivity index (χ4v) is 6.12. The van der Waals surface area contributed by atoms with E-state index in [4.69, 9.17) is 18.9 Å². The largest absolute Gasteiger partial charge is 0.462 e. The lowest BCUT2D eigenvalue weighted by Gasteiger charge is -2.39. The van der Waals surface area contributed by atoms with Gasteiger partial charge in [0.1, 0.15) is 31.0 Å². The van der Waals surface area contributed by atoms with Gasteiger partial charge in [0.2, 0.25) is 0 Å². The van der Waals surface area contributed by atoms with Gasteiger partial charge in [0.15, 0.2) is 12.4 Å². The summed E-state index contributed by atoms with van der Waals surface area (Å²) in [5.74, 6) is -0.812. The predicted molar refractivity (Wildman–Crippen MR) is 196 cm³/mol. The van der Waals surface area contributed by atoms with E-state index in [0.717, 1.165) is 44.9 Å². The van der Waals surface area contributed by atoms with Crippen LogP contribution in [0.5, 0.6) is 0 Å². The highest BCUT2D eigenvalue weighted by Crippen LogP contribution is 2.22. The minimum Gasteiger partial charge on any atom is -0.462 e. The van der Waals surface area contributed by atoms with Gasteiger partial charge >= 0.3 is 11.9 Å². The molecule has 0 radical (unpaired) electrons. The van der Waals surface area contributed by atoms with E-state index >= 15 is 0 Å². The van der Waals surface area contributed by atoms with Crippen LogP contribution in [0.1, 0.15) is 174 Å². The Morgan fingerprint density at radius 2 is 1.06 bits per heavy atom. The Labute approximate surface area is 303 Å². The molecule has 1 saturated heterocycles. The summed E-state index contributed by atoms with van der Waals surface area (Å²) in [6, 6.07) is 0. The van der Waals surface area contributed by atoms with Crippen LogP contribution in [0.3, 0.4) is 0 Å². The van der Waals surface area contributed by atoms with Crippen LogP contribution < -0.4 is 0 Å². The summed E-state index contributed by atoms with van der Waals surface area (Å²) < 4.78 is 22.0. The van der Waals surface area contributed by atoms with Crippen molar-refractivity contribution < 1.29 is 49.0 Å². The molecule has 0 aromatic heterocycles. The van der Waals surface area contributed by atoms with Gasteiger partial charge in [-0.3, -0.25) is 9.59 Å². The van der Waals surface area contributed by atoms with Crippen LogP contribution in [-0.2, 0) is 28.5 Å². The molecule has 0 aliphatic carbocycles. The first kappa shape index (κ1) is 46.5. The molecule has 294 valence electrons. The number of ether oxygens (including phenoxy) is 4. The standard InChI is InChI=1S/C40H74O10/c1-3-5-7-9-11-13-14-15-16-17-18-19-20-21-23-25-27-29-36(43)49-33(31-47-35(42)28-26-24-22-12-10-8-6-4-2)32-48-40-39(46)38(45)37(44)34(30-41)50-40/h15-16,33-34,37-41,44-46H,3-14,17-32H2,1-2H3/b16-15-. The van der Waals surface area contributed by atoms with E-state index in [1.165, 1.54) is 96.3 Å². The Kier molecular flexibility index (Phi) is 29.8. The third-order valence-corrected chi connectivity index (χ3v) is 9.40. The molecular formula is C40H74O10. The smallest absolute Gasteiger partial charge is 0.306 e. The maximum atomic E-state index is 12.7. The van der Waals surface area contributed by atoms with Crippen molar-refractivity contribution in [3.05, 3.63) is 12.2 Å². The molecule has 1 rings (SSSR count). The molecule has 1 heterocycles. The van der Waals surface area contributed by atoms with E-state index in [0.29, 0.717) is 6.42 Å². The molecule has 0 spiro atoms. The van der Waals surface area contributed by atoms with Gasteiger partial charge in [-0.25, -0.2) is 0 Å². The summed E-state index contributed by atoms with van der Waals surface area (Å²) in [7, 11) is 0. The second-order valence-electron chi connectivity index (χ2n) is 14.1. The number of hydrogen-bond donors (Lipinski definition) is 4. The molecule has 1 aliphatic heterocycles. The molecule has 50 heavy (non-hydrogen) atoms. The molecule has 6 unspecified atom stereocenters. The first-order valence-electron chi connectivity index (χ1n) is 20.3. The minimum atomic E-state index is -1.59. The molecule has 0 aromatic carbocycles. The summed E-state index contributed by atoms with van der Waals surface area (Å²) >= 11 is 0. The average molecular weight is 715 g/mol. The number of rotatable bonds is 33. The molecule has 10 nitrogen and oxygen atoms in total. The second kappa shape index (κ2) is 32.1. The van der Waals surface area contributed by atoms with Gasteiger partial charge < -0.3 is 39.4 Å². The van der Waals surface area contributed by atoms with Gasteiger partial charge in [0.25, 0.3) is 0 Å². The Morgan fingerprint density at radius 3 is 1.56 bits per heavy atom. The third-order valence-electron chi connectivity index (χ3n) is 9.40. The van der Waals surface area contributed by atoms with Crippen LogP contribution in [-0.4, -0.2) is 89.0 Å². The summed E-state index contributed by atoms with van der Waals surface area (Å²) in [5, 5.41) is 39.9. The molecule has 0 amide bonds. The van der Waals surface area contributed by atoms with Gasteiger partial charge in [-0.15, -0.1) is 0 Å². The quantitative estimate of drug-likeness (QED) is 0.0304. The molecule has 10 heteroatoms. The zero-order chi connectivity index (χ0) is 36.7. The first-order valence-corrected chi connectivity index (χ1v) is 20.3. The zero-order valence-corrected chi connectivity index (χ0v) is 31.7. The number of hydrogen-bond acceptors (Lipinski definition) is 10. The summed E-state index contributed by atoms with van der Waals surface area (Å²) in [4.78, 5) is 25.1. The number of unbranched alkanes of at least 4 members (excludes halogenated alkanes) is 20. The van der Waals surface area contributed by atoms with Crippen LogP contribution in [0.25, 0.3) is 0 Å². The van der Waals surface area contributed by atoms with Crippen molar-refractivity contribution in [2.45, 2.75) is 211 Å². The fraction of sp³-hybridized carbons (Fsp3) is 0.900. The lowest BCUT2D eigenvalue weighted by Crippen LogP contribution is -2.59. The molecule has 0 bridgehead atoms. The molecule has 1 fully saturated rings. The SMILES string of the molecule is CCCCCCCC/C=C\CCCCCCCCCC(=O)OC(COC(=O)CCCCCCCCCC)COC1OC(CO)C(O)C(O)C1O. The minimum absolute atomic E-state index is 0.215. The average Bonchev–Trinajstić information content (AvgIpc) is 3.11. The summed E-state index contributed by atoms with van der Waals surface area (Å²) in [6.07, 6.45) is 23.8. The van der Waals surface area contributed by atoms with Crippen LogP contribution in [0, 0.1) is 0 Å². The lowest BCUT2D eigenvalue weighted by atomic mass is 9.99. The molecule has 6 atom stereocenters. The fourth-order valence-electron chi connectivity index (χ4n) is 6.12. The number of aliphatic hydroxyl groups excluding tert-OH is 4. The molecule has 4 N–H and O–H groups in total. The van der Waals surface area contributed by atoms with Crippen molar-refractivity contribution in [1.82, 2.24) is 0 Å². The number of aliphatic hydroxyl groups is 4. The monoisotopic (exact) mass is 715 g/mol. The van der Waals surface area contributed by atoms with Crippen molar-refractivity contribution in [3.8, 4) is 0 Å². The topological polar surface area (TPSA) is 152 Å². The lowest BCUT2D eigenvalue weighted by molar-refractivity contribution is -0.305. The van der Waals surface area contributed by atoms with E-state index < -0.39 is 49.4 Å². The summed E-state index contributed by atoms with van der Waals surface area (Å²) in [6.45, 7) is 3.37. The molecule has 1 aliphatic rings. The van der Waals surface area contributed by atoms with Crippen LogP contribution in [0.2, 0.25) is 0 Å². The molecule has 0 aromatic rings. The maximum absolute atomic E-state index is 12.7. The number of esters is 2. The number of carbonyl (C=O) groups excluding carboxylic acids is 2. The highest BCUT2D eigenvalue weighted by atomic mass is 16.7. The second-order valence-corrected chi connectivity index (χ2v) is 14.1. The van der Waals surface area contributed by atoms with Crippen molar-refractivity contribution in [3.63, 3.8) is 0 Å². The van der Waals surface area contributed by atoms with Crippen LogP contribution in [0.15, 0.2) is 12.2 Å².